The van der Waals surface area contributed by atoms with Crippen molar-refractivity contribution >= 4 is 11.8 Å². The maximum atomic E-state index is 11.2. The largest absolute Gasteiger partial charge is 0.453 e. The summed E-state index contributed by atoms with van der Waals surface area (Å²) in [4.78, 5) is 11.2. The minimum Gasteiger partial charge on any atom is -0.453 e. The molecule has 0 aliphatic heterocycles. The van der Waals surface area contributed by atoms with Gasteiger partial charge in [-0.15, -0.1) is 5.10 Å². The number of aryl methyl sites for hydroxylation is 1. The second kappa shape index (κ2) is 6.12. The van der Waals surface area contributed by atoms with E-state index in [9.17, 15) is 4.79 Å². The molecule has 0 saturated heterocycles. The van der Waals surface area contributed by atoms with Crippen LogP contribution in [0.25, 0.3) is 0 Å². The number of nitrogens with zero attached hydrogens (tertiary/aromatic N) is 2. The zero-order valence-corrected chi connectivity index (χ0v) is 10.2. The molecule has 0 aliphatic rings. The van der Waals surface area contributed by atoms with Gasteiger partial charge in [0.1, 0.15) is 5.69 Å². The fraction of sp³-hybridized carbons (Fsp3) is 0.500. The van der Waals surface area contributed by atoms with Crippen LogP contribution in [0.4, 0.5) is 10.5 Å². The SMILES string of the molecule is COC(=O)Nc1cc(C)nnc1C(OC)OC. The van der Waals surface area contributed by atoms with Gasteiger partial charge in [-0.1, -0.05) is 0 Å². The number of methoxy groups -OCH3 is 3. The van der Waals surface area contributed by atoms with Gasteiger partial charge in [0.25, 0.3) is 0 Å². The molecule has 0 aliphatic carbocycles. The Bertz CT molecular complexity index is 393. The number of nitrogens with one attached hydrogen (secondary N) is 1. The van der Waals surface area contributed by atoms with E-state index in [1.807, 2.05) is 0 Å². The van der Waals surface area contributed by atoms with E-state index in [1.165, 1.54) is 21.3 Å². The van der Waals surface area contributed by atoms with Crippen LogP contribution in [0.5, 0.6) is 0 Å². The smallest absolute Gasteiger partial charge is 0.411 e. The number of carbonyl (C=O) groups is 1. The fourth-order valence-electron chi connectivity index (χ4n) is 1.25. The van der Waals surface area contributed by atoms with E-state index in [4.69, 9.17) is 9.47 Å². The number of ether oxygens (including phenoxy) is 3. The first kappa shape index (κ1) is 13.3. The Kier molecular flexibility index (Phi) is 4.80. The number of aromatic nitrogens is 2. The number of carbonyl (C=O) groups excluding carboxylic acids is 1. The normalized spacial score (nSPS) is 10.4. The highest BCUT2D eigenvalue weighted by Gasteiger charge is 2.18. The van der Waals surface area contributed by atoms with E-state index in [1.54, 1.807) is 13.0 Å². The number of rotatable bonds is 4. The third-order valence-electron chi connectivity index (χ3n) is 2.02. The summed E-state index contributed by atoms with van der Waals surface area (Å²) in [7, 11) is 4.22. The molecule has 7 heteroatoms. The number of amides is 1. The first-order chi connectivity index (χ1) is 8.12. The average molecular weight is 241 g/mol. The van der Waals surface area contributed by atoms with Gasteiger partial charge in [-0.3, -0.25) is 5.32 Å². The van der Waals surface area contributed by atoms with E-state index < -0.39 is 12.4 Å². The molecule has 1 rings (SSSR count). The molecular weight excluding hydrogens is 226 g/mol. The van der Waals surface area contributed by atoms with Crippen LogP contribution in [0, 0.1) is 6.92 Å². The second-order valence-electron chi connectivity index (χ2n) is 3.20. The van der Waals surface area contributed by atoms with Gasteiger partial charge >= 0.3 is 6.09 Å². The van der Waals surface area contributed by atoms with Crippen LogP contribution in [0.2, 0.25) is 0 Å². The van der Waals surface area contributed by atoms with Crippen LogP contribution in [0.15, 0.2) is 6.07 Å². The predicted molar refractivity (Wildman–Crippen MR) is 59.6 cm³/mol. The van der Waals surface area contributed by atoms with Crippen molar-refractivity contribution in [1.82, 2.24) is 10.2 Å². The Labute approximate surface area is 99.1 Å². The van der Waals surface area contributed by atoms with Crippen molar-refractivity contribution < 1.29 is 19.0 Å². The zero-order chi connectivity index (χ0) is 12.8. The third-order valence-corrected chi connectivity index (χ3v) is 2.02. The minimum atomic E-state index is -0.699. The lowest BCUT2D eigenvalue weighted by atomic mass is 10.2. The van der Waals surface area contributed by atoms with Crippen molar-refractivity contribution in [3.63, 3.8) is 0 Å². The van der Waals surface area contributed by atoms with E-state index in [0.29, 0.717) is 17.1 Å². The van der Waals surface area contributed by atoms with Gasteiger partial charge in [-0.25, -0.2) is 4.79 Å². The second-order valence-corrected chi connectivity index (χ2v) is 3.20. The Morgan fingerprint density at radius 1 is 1.29 bits per heavy atom. The Balaban J connectivity index is 3.06. The highest BCUT2D eigenvalue weighted by atomic mass is 16.7. The highest BCUT2D eigenvalue weighted by molar-refractivity contribution is 5.85. The molecule has 0 bridgehead atoms. The van der Waals surface area contributed by atoms with E-state index >= 15 is 0 Å². The summed E-state index contributed by atoms with van der Waals surface area (Å²) >= 11 is 0. The predicted octanol–water partition coefficient (Wildman–Crippen LogP) is 1.25. The van der Waals surface area contributed by atoms with Crippen molar-refractivity contribution in [3.05, 3.63) is 17.5 Å². The van der Waals surface area contributed by atoms with Crippen molar-refractivity contribution in [2.24, 2.45) is 0 Å². The molecule has 0 atom stereocenters. The summed E-state index contributed by atoms with van der Waals surface area (Å²) in [6.07, 6.45) is -1.29. The Hall–Kier alpha value is -1.73. The number of hydrogen-bond acceptors (Lipinski definition) is 6. The molecule has 0 aromatic carbocycles. The van der Waals surface area contributed by atoms with Gasteiger partial charge in [0.2, 0.25) is 6.29 Å². The molecule has 1 heterocycles. The van der Waals surface area contributed by atoms with Crippen molar-refractivity contribution in [3.8, 4) is 0 Å². The van der Waals surface area contributed by atoms with Crippen LogP contribution >= 0.6 is 0 Å². The van der Waals surface area contributed by atoms with Gasteiger partial charge in [-0.2, -0.15) is 5.10 Å². The van der Waals surface area contributed by atoms with Crippen LogP contribution in [-0.2, 0) is 14.2 Å². The van der Waals surface area contributed by atoms with E-state index in [0.717, 1.165) is 0 Å². The molecule has 7 nitrogen and oxygen atoms in total. The molecule has 1 amide bonds. The fourth-order valence-corrected chi connectivity index (χ4v) is 1.25. The molecule has 0 fully saturated rings. The van der Waals surface area contributed by atoms with Crippen molar-refractivity contribution in [2.75, 3.05) is 26.6 Å². The van der Waals surface area contributed by atoms with Crippen molar-refractivity contribution in [2.45, 2.75) is 13.2 Å². The van der Waals surface area contributed by atoms with Crippen LogP contribution in [-0.4, -0.2) is 37.6 Å². The zero-order valence-electron chi connectivity index (χ0n) is 10.2. The van der Waals surface area contributed by atoms with Gasteiger partial charge in [0.05, 0.1) is 18.5 Å². The molecule has 0 unspecified atom stereocenters. The lowest BCUT2D eigenvalue weighted by molar-refractivity contribution is -0.108. The third kappa shape index (κ3) is 3.36. The lowest BCUT2D eigenvalue weighted by Crippen LogP contribution is -2.17. The highest BCUT2D eigenvalue weighted by Crippen LogP contribution is 2.23. The summed E-state index contributed by atoms with van der Waals surface area (Å²) in [5, 5.41) is 10.4. The monoisotopic (exact) mass is 241 g/mol. The van der Waals surface area contributed by atoms with E-state index in [-0.39, 0.29) is 0 Å². The summed E-state index contributed by atoms with van der Waals surface area (Å²) < 4.78 is 14.6. The van der Waals surface area contributed by atoms with Crippen LogP contribution in [0.1, 0.15) is 17.7 Å². The Morgan fingerprint density at radius 2 is 1.94 bits per heavy atom. The first-order valence-corrected chi connectivity index (χ1v) is 4.87. The molecule has 1 aromatic heterocycles. The molecule has 1 N–H and O–H groups in total. The molecular formula is C10H15N3O4. The summed E-state index contributed by atoms with van der Waals surface area (Å²) in [5.41, 5.74) is 1.48. The van der Waals surface area contributed by atoms with Gasteiger partial charge < -0.3 is 14.2 Å². The first-order valence-electron chi connectivity index (χ1n) is 4.87. The molecule has 1 aromatic rings. The standard InChI is InChI=1S/C10H15N3O4/c1-6-5-7(11-10(14)17-4)8(13-12-6)9(15-2)16-3/h5,9H,1-4H3,(H,11,12,14). The molecule has 0 saturated carbocycles. The maximum Gasteiger partial charge on any atom is 0.411 e. The Morgan fingerprint density at radius 3 is 2.47 bits per heavy atom. The van der Waals surface area contributed by atoms with E-state index in [2.05, 4.69) is 20.3 Å². The summed E-state index contributed by atoms with van der Waals surface area (Å²) in [5.74, 6) is 0. The molecule has 94 valence electrons. The van der Waals surface area contributed by atoms with Crippen LogP contribution < -0.4 is 5.32 Å². The average Bonchev–Trinajstić information content (AvgIpc) is 2.33. The van der Waals surface area contributed by atoms with Crippen LogP contribution in [0.3, 0.4) is 0 Å². The van der Waals surface area contributed by atoms with Gasteiger partial charge in [0.15, 0.2) is 0 Å². The number of hydrogen-bond donors (Lipinski definition) is 1. The minimum absolute atomic E-state index is 0.381. The summed E-state index contributed by atoms with van der Waals surface area (Å²) in [6.45, 7) is 1.76. The topological polar surface area (TPSA) is 82.6 Å². The van der Waals surface area contributed by atoms with Crippen molar-refractivity contribution in [1.29, 1.82) is 0 Å². The molecule has 17 heavy (non-hydrogen) atoms. The molecule has 0 radical (unpaired) electrons. The maximum absolute atomic E-state index is 11.2. The van der Waals surface area contributed by atoms with Gasteiger partial charge in [0, 0.05) is 14.2 Å². The van der Waals surface area contributed by atoms with Gasteiger partial charge in [-0.05, 0) is 13.0 Å². The number of anilines is 1. The lowest BCUT2D eigenvalue weighted by Gasteiger charge is -2.16. The summed E-state index contributed by atoms with van der Waals surface area (Å²) in [6, 6.07) is 1.66. The molecule has 0 spiro atoms. The quantitative estimate of drug-likeness (QED) is 0.799.